The summed E-state index contributed by atoms with van der Waals surface area (Å²) < 4.78 is 34.7. The van der Waals surface area contributed by atoms with Gasteiger partial charge >= 0.3 is 7.82 Å². The summed E-state index contributed by atoms with van der Waals surface area (Å²) in [6.45, 7) is 4.25. The van der Waals surface area contributed by atoms with Gasteiger partial charge in [-0.3, -0.25) is 9.05 Å². The molecule has 0 saturated carbocycles. The zero-order valence-electron chi connectivity index (χ0n) is 15.5. The van der Waals surface area contributed by atoms with E-state index in [4.69, 9.17) is 23.6 Å². The summed E-state index contributed by atoms with van der Waals surface area (Å²) in [5.74, 6) is 1.09. The van der Waals surface area contributed by atoms with Crippen molar-refractivity contribution in [1.82, 2.24) is 4.98 Å². The molecular weight excluding hydrogens is 399 g/mol. The van der Waals surface area contributed by atoms with E-state index in [1.165, 1.54) is 11.3 Å². The summed E-state index contributed by atoms with van der Waals surface area (Å²) >= 11 is 1.33. The standard InChI is InChI=1S/C19H19N2O5PS/c1-3-24-27(22,25-4-2)26-15-7-5-14(6-8-15)13-23-16-9-10-17-18(11-16)28-19(12-20)21-17/h5-11H,3-4,13H2,1-2H3. The SMILES string of the molecule is CCOP(=O)(OCC)Oc1ccc(COc2ccc3nc(C#N)sc3c2)cc1. The molecule has 0 bridgehead atoms. The molecule has 1 aromatic heterocycles. The van der Waals surface area contributed by atoms with E-state index < -0.39 is 7.82 Å². The fourth-order valence-electron chi connectivity index (χ4n) is 2.39. The van der Waals surface area contributed by atoms with Gasteiger partial charge in [0.15, 0.2) is 5.01 Å². The van der Waals surface area contributed by atoms with Crippen LogP contribution in [0.5, 0.6) is 11.5 Å². The summed E-state index contributed by atoms with van der Waals surface area (Å²) in [6.07, 6.45) is 0. The minimum atomic E-state index is -3.60. The van der Waals surface area contributed by atoms with Gasteiger partial charge in [-0.15, -0.1) is 11.3 Å². The molecule has 0 unspecified atom stereocenters. The van der Waals surface area contributed by atoms with E-state index in [9.17, 15) is 4.57 Å². The molecule has 0 amide bonds. The van der Waals surface area contributed by atoms with Gasteiger partial charge in [0.05, 0.1) is 23.4 Å². The normalized spacial score (nSPS) is 11.3. The van der Waals surface area contributed by atoms with Gasteiger partial charge in [0.2, 0.25) is 0 Å². The summed E-state index contributed by atoms with van der Waals surface area (Å²) in [6, 6.07) is 14.6. The summed E-state index contributed by atoms with van der Waals surface area (Å²) in [7, 11) is -3.60. The van der Waals surface area contributed by atoms with E-state index in [1.807, 2.05) is 36.4 Å². The fraction of sp³-hybridized carbons (Fsp3) is 0.263. The number of phosphoric ester groups is 1. The highest BCUT2D eigenvalue weighted by atomic mass is 32.1. The lowest BCUT2D eigenvalue weighted by molar-refractivity contribution is 0.167. The van der Waals surface area contributed by atoms with Crippen LogP contribution in [0, 0.1) is 11.3 Å². The third-order valence-electron chi connectivity index (χ3n) is 3.58. The minimum Gasteiger partial charge on any atom is -0.489 e. The molecule has 3 aromatic rings. The van der Waals surface area contributed by atoms with Crippen molar-refractivity contribution in [2.45, 2.75) is 20.5 Å². The number of benzene rings is 2. The van der Waals surface area contributed by atoms with Crippen LogP contribution in [0.25, 0.3) is 10.2 Å². The van der Waals surface area contributed by atoms with Crippen molar-refractivity contribution < 1.29 is 22.9 Å². The molecule has 0 N–H and O–H groups in total. The first-order valence-electron chi connectivity index (χ1n) is 8.66. The molecule has 146 valence electrons. The average Bonchev–Trinajstić information content (AvgIpc) is 3.10. The van der Waals surface area contributed by atoms with Crippen LogP contribution in [0.15, 0.2) is 42.5 Å². The van der Waals surface area contributed by atoms with Crippen LogP contribution in [0.4, 0.5) is 0 Å². The number of rotatable bonds is 9. The van der Waals surface area contributed by atoms with Crippen LogP contribution in [-0.4, -0.2) is 18.2 Å². The maximum Gasteiger partial charge on any atom is 0.530 e. The Hall–Kier alpha value is -2.43. The molecule has 3 rings (SSSR count). The molecule has 0 aliphatic heterocycles. The third-order valence-corrected chi connectivity index (χ3v) is 6.08. The number of thiazole rings is 1. The number of phosphoric acid groups is 1. The zero-order valence-corrected chi connectivity index (χ0v) is 17.2. The number of fused-ring (bicyclic) bond motifs is 1. The molecule has 0 fully saturated rings. The van der Waals surface area contributed by atoms with Gasteiger partial charge < -0.3 is 9.26 Å². The lowest BCUT2D eigenvalue weighted by Gasteiger charge is -2.17. The Labute approximate surface area is 167 Å². The Balaban J connectivity index is 1.63. The van der Waals surface area contributed by atoms with E-state index in [2.05, 4.69) is 4.98 Å². The largest absolute Gasteiger partial charge is 0.530 e. The van der Waals surface area contributed by atoms with Gasteiger partial charge in [-0.05, 0) is 49.7 Å². The number of ether oxygens (including phenoxy) is 1. The molecule has 9 heteroatoms. The monoisotopic (exact) mass is 418 g/mol. The average molecular weight is 418 g/mol. The van der Waals surface area contributed by atoms with Crippen LogP contribution >= 0.6 is 19.2 Å². The van der Waals surface area contributed by atoms with Gasteiger partial charge in [0, 0.05) is 0 Å². The topological polar surface area (TPSA) is 90.7 Å². The van der Waals surface area contributed by atoms with Gasteiger partial charge in [0.1, 0.15) is 24.2 Å². The second kappa shape index (κ2) is 9.18. The van der Waals surface area contributed by atoms with Crippen molar-refractivity contribution in [1.29, 1.82) is 5.26 Å². The first-order chi connectivity index (χ1) is 13.5. The molecule has 0 spiro atoms. The highest BCUT2D eigenvalue weighted by molar-refractivity contribution is 7.48. The second-order valence-corrected chi connectivity index (χ2v) is 8.19. The highest BCUT2D eigenvalue weighted by Crippen LogP contribution is 2.49. The maximum atomic E-state index is 12.4. The van der Waals surface area contributed by atoms with Gasteiger partial charge in [-0.25, -0.2) is 9.55 Å². The van der Waals surface area contributed by atoms with E-state index in [0.717, 1.165) is 15.8 Å². The summed E-state index contributed by atoms with van der Waals surface area (Å²) in [5.41, 5.74) is 1.69. The van der Waals surface area contributed by atoms with Crippen LogP contribution in [0.2, 0.25) is 0 Å². The molecule has 0 atom stereocenters. The van der Waals surface area contributed by atoms with Crippen molar-refractivity contribution in [2.24, 2.45) is 0 Å². The van der Waals surface area contributed by atoms with E-state index in [-0.39, 0.29) is 13.2 Å². The predicted molar refractivity (Wildman–Crippen MR) is 107 cm³/mol. The summed E-state index contributed by atoms with van der Waals surface area (Å²) in [5, 5.41) is 9.37. The maximum absolute atomic E-state index is 12.4. The molecular formula is C19H19N2O5PS. The van der Waals surface area contributed by atoms with Gasteiger partial charge in [-0.2, -0.15) is 5.26 Å². The smallest absolute Gasteiger partial charge is 0.489 e. The van der Waals surface area contributed by atoms with Crippen molar-refractivity contribution in [3.63, 3.8) is 0 Å². The Morgan fingerprint density at radius 1 is 1.07 bits per heavy atom. The van der Waals surface area contributed by atoms with Crippen molar-refractivity contribution in [3.8, 4) is 17.6 Å². The molecule has 1 heterocycles. The molecule has 0 aliphatic rings. The zero-order chi connectivity index (χ0) is 20.0. The molecule has 0 aliphatic carbocycles. The third kappa shape index (κ3) is 5.09. The van der Waals surface area contributed by atoms with Gasteiger partial charge in [0.25, 0.3) is 0 Å². The molecule has 28 heavy (non-hydrogen) atoms. The first kappa shape index (κ1) is 20.3. The Kier molecular flexibility index (Phi) is 6.65. The van der Waals surface area contributed by atoms with Crippen LogP contribution in [-0.2, 0) is 20.2 Å². The lowest BCUT2D eigenvalue weighted by atomic mass is 10.2. The lowest BCUT2D eigenvalue weighted by Crippen LogP contribution is -2.02. The van der Waals surface area contributed by atoms with Gasteiger partial charge in [-0.1, -0.05) is 12.1 Å². The number of aromatic nitrogens is 1. The van der Waals surface area contributed by atoms with Crippen LogP contribution in [0.3, 0.4) is 0 Å². The molecule has 0 radical (unpaired) electrons. The Morgan fingerprint density at radius 2 is 1.75 bits per heavy atom. The van der Waals surface area contributed by atoms with Crippen molar-refractivity contribution in [2.75, 3.05) is 13.2 Å². The van der Waals surface area contributed by atoms with E-state index in [0.29, 0.717) is 23.1 Å². The first-order valence-corrected chi connectivity index (χ1v) is 10.9. The highest BCUT2D eigenvalue weighted by Gasteiger charge is 2.27. The van der Waals surface area contributed by atoms with Crippen LogP contribution < -0.4 is 9.26 Å². The quantitative estimate of drug-likeness (QED) is 0.435. The predicted octanol–water partition coefficient (Wildman–Crippen LogP) is 5.31. The fourth-order valence-corrected chi connectivity index (χ4v) is 4.37. The molecule has 0 saturated heterocycles. The number of nitrogens with zero attached hydrogens (tertiary/aromatic N) is 2. The van der Waals surface area contributed by atoms with Crippen molar-refractivity contribution >= 4 is 29.4 Å². The van der Waals surface area contributed by atoms with Crippen LogP contribution in [0.1, 0.15) is 24.4 Å². The van der Waals surface area contributed by atoms with E-state index in [1.54, 1.807) is 26.0 Å². The number of hydrogen-bond donors (Lipinski definition) is 0. The van der Waals surface area contributed by atoms with E-state index >= 15 is 0 Å². The minimum absolute atomic E-state index is 0.225. The Morgan fingerprint density at radius 3 is 2.39 bits per heavy atom. The molecule has 2 aromatic carbocycles. The summed E-state index contributed by atoms with van der Waals surface area (Å²) in [4.78, 5) is 4.20. The second-order valence-electron chi connectivity index (χ2n) is 5.57. The number of nitriles is 1. The Bertz CT molecular complexity index is 1020. The van der Waals surface area contributed by atoms with Crippen molar-refractivity contribution in [3.05, 3.63) is 53.0 Å². The number of hydrogen-bond acceptors (Lipinski definition) is 8. The molecule has 7 nitrogen and oxygen atoms in total.